The number of nitriles is 2. The van der Waals surface area contributed by atoms with Crippen molar-refractivity contribution >= 4 is 28.3 Å². The molecule has 1 atom stereocenters. The van der Waals surface area contributed by atoms with Gasteiger partial charge in [-0.15, -0.1) is 11.3 Å². The van der Waals surface area contributed by atoms with Crippen LogP contribution in [0.1, 0.15) is 41.8 Å². The van der Waals surface area contributed by atoms with Crippen LogP contribution in [-0.2, 0) is 17.6 Å². The first kappa shape index (κ1) is 19.7. The van der Waals surface area contributed by atoms with Gasteiger partial charge in [0, 0.05) is 4.88 Å². The molecule has 1 aromatic carbocycles. The largest absolute Gasteiger partial charge is 0.494 e. The van der Waals surface area contributed by atoms with Gasteiger partial charge in [-0.3, -0.25) is 4.79 Å². The molecule has 0 saturated heterocycles. The van der Waals surface area contributed by atoms with Gasteiger partial charge in [0.1, 0.15) is 28.5 Å². The van der Waals surface area contributed by atoms with E-state index in [1.54, 1.807) is 24.3 Å². The number of nitrogens with one attached hydrogen (secondary N) is 1. The summed E-state index contributed by atoms with van der Waals surface area (Å²) in [7, 11) is 0. The quantitative estimate of drug-likeness (QED) is 0.592. The smallest absolute Gasteiger partial charge is 0.266 e. The predicted molar refractivity (Wildman–Crippen MR) is 110 cm³/mol. The lowest BCUT2D eigenvalue weighted by Crippen LogP contribution is -2.13. The number of carbonyl (C=O) groups excluding carboxylic acids is 1. The molecule has 1 N–H and O–H groups in total. The number of fused-ring (bicyclic) bond motifs is 1. The topological polar surface area (TPSA) is 85.9 Å². The number of amides is 1. The highest BCUT2D eigenvalue weighted by Gasteiger charge is 2.25. The average Bonchev–Trinajstić information content (AvgIpc) is 3.03. The van der Waals surface area contributed by atoms with Gasteiger partial charge in [0.25, 0.3) is 5.91 Å². The Morgan fingerprint density at radius 3 is 2.75 bits per heavy atom. The van der Waals surface area contributed by atoms with Gasteiger partial charge in [-0.1, -0.05) is 19.1 Å². The zero-order chi connectivity index (χ0) is 20.1. The van der Waals surface area contributed by atoms with Crippen molar-refractivity contribution in [2.75, 3.05) is 11.9 Å². The van der Waals surface area contributed by atoms with Crippen molar-refractivity contribution in [2.24, 2.45) is 5.92 Å². The second kappa shape index (κ2) is 8.73. The number of anilines is 1. The Bertz CT molecular complexity index is 991. The van der Waals surface area contributed by atoms with E-state index in [0.29, 0.717) is 23.1 Å². The summed E-state index contributed by atoms with van der Waals surface area (Å²) in [5.74, 6) is 0.815. The van der Waals surface area contributed by atoms with Crippen LogP contribution in [-0.4, -0.2) is 12.5 Å². The van der Waals surface area contributed by atoms with Crippen molar-refractivity contribution in [1.29, 1.82) is 10.5 Å². The highest BCUT2D eigenvalue weighted by molar-refractivity contribution is 7.16. The Balaban J connectivity index is 1.81. The van der Waals surface area contributed by atoms with Gasteiger partial charge < -0.3 is 10.1 Å². The van der Waals surface area contributed by atoms with Gasteiger partial charge in [-0.2, -0.15) is 10.5 Å². The summed E-state index contributed by atoms with van der Waals surface area (Å²) in [6.45, 7) is 4.68. The van der Waals surface area contributed by atoms with E-state index >= 15 is 0 Å². The maximum Gasteiger partial charge on any atom is 0.266 e. The summed E-state index contributed by atoms with van der Waals surface area (Å²) in [5.41, 5.74) is 2.32. The summed E-state index contributed by atoms with van der Waals surface area (Å²) in [6, 6.07) is 11.4. The minimum atomic E-state index is -0.500. The van der Waals surface area contributed by atoms with Gasteiger partial charge in [-0.05, 0) is 61.4 Å². The number of hydrogen-bond donors (Lipinski definition) is 1. The maximum atomic E-state index is 12.6. The van der Waals surface area contributed by atoms with Crippen molar-refractivity contribution in [3.63, 3.8) is 0 Å². The first-order chi connectivity index (χ1) is 13.5. The maximum absolute atomic E-state index is 12.6. The van der Waals surface area contributed by atoms with Crippen molar-refractivity contribution < 1.29 is 9.53 Å². The first-order valence-electron chi connectivity index (χ1n) is 9.26. The molecule has 142 valence electrons. The van der Waals surface area contributed by atoms with Crippen molar-refractivity contribution in [1.82, 2.24) is 0 Å². The van der Waals surface area contributed by atoms with Crippen LogP contribution in [0.5, 0.6) is 5.75 Å². The lowest BCUT2D eigenvalue weighted by atomic mass is 9.88. The highest BCUT2D eigenvalue weighted by atomic mass is 32.1. The SMILES string of the molecule is CCOc1ccc(C=C(C#N)C(=O)Nc2sc3c(c2C#N)CCC(C)C3)cc1. The van der Waals surface area contributed by atoms with Crippen LogP contribution in [0.4, 0.5) is 5.00 Å². The molecule has 1 amide bonds. The molecule has 5 nitrogen and oxygen atoms in total. The van der Waals surface area contributed by atoms with Crippen LogP contribution in [0.2, 0.25) is 0 Å². The van der Waals surface area contributed by atoms with E-state index in [0.717, 1.165) is 36.1 Å². The number of hydrogen-bond acceptors (Lipinski definition) is 5. The van der Waals surface area contributed by atoms with Crippen LogP contribution in [0.15, 0.2) is 29.8 Å². The highest BCUT2D eigenvalue weighted by Crippen LogP contribution is 2.39. The zero-order valence-corrected chi connectivity index (χ0v) is 16.7. The van der Waals surface area contributed by atoms with E-state index in [-0.39, 0.29) is 5.57 Å². The molecule has 1 heterocycles. The van der Waals surface area contributed by atoms with Crippen molar-refractivity contribution in [3.8, 4) is 17.9 Å². The number of rotatable bonds is 5. The van der Waals surface area contributed by atoms with E-state index < -0.39 is 5.91 Å². The van der Waals surface area contributed by atoms with Crippen LogP contribution >= 0.6 is 11.3 Å². The Kier molecular flexibility index (Phi) is 6.13. The van der Waals surface area contributed by atoms with Crippen LogP contribution in [0, 0.1) is 28.6 Å². The number of ether oxygens (including phenoxy) is 1. The predicted octanol–water partition coefficient (Wildman–Crippen LogP) is 4.69. The Morgan fingerprint density at radius 1 is 1.36 bits per heavy atom. The van der Waals surface area contributed by atoms with E-state index in [4.69, 9.17) is 4.74 Å². The normalized spacial score (nSPS) is 15.9. The number of nitrogens with zero attached hydrogens (tertiary/aromatic N) is 2. The minimum absolute atomic E-state index is 0.00668. The molecule has 0 saturated carbocycles. The fraction of sp³-hybridized carbons (Fsp3) is 0.318. The summed E-state index contributed by atoms with van der Waals surface area (Å²) in [4.78, 5) is 13.8. The lowest BCUT2D eigenvalue weighted by Gasteiger charge is -2.17. The molecule has 0 spiro atoms. The van der Waals surface area contributed by atoms with E-state index in [2.05, 4.69) is 18.3 Å². The van der Waals surface area contributed by atoms with E-state index in [1.165, 1.54) is 22.3 Å². The standard InChI is InChI=1S/C22H21N3O2S/c1-3-27-17-7-5-15(6-8-17)11-16(12-23)21(26)25-22-19(13-24)18-9-4-14(2)10-20(18)28-22/h5-8,11,14H,3-4,9-10H2,1-2H3,(H,25,26). The van der Waals surface area contributed by atoms with Crippen molar-refractivity contribution in [3.05, 3.63) is 51.4 Å². The molecule has 0 radical (unpaired) electrons. The summed E-state index contributed by atoms with van der Waals surface area (Å²) < 4.78 is 5.40. The molecule has 3 rings (SSSR count). The third kappa shape index (κ3) is 4.24. The number of benzene rings is 1. The van der Waals surface area contributed by atoms with Crippen LogP contribution in [0.25, 0.3) is 6.08 Å². The van der Waals surface area contributed by atoms with Gasteiger partial charge in [0.05, 0.1) is 12.2 Å². The lowest BCUT2D eigenvalue weighted by molar-refractivity contribution is -0.112. The monoisotopic (exact) mass is 391 g/mol. The number of thiophene rings is 1. The molecular formula is C22H21N3O2S. The zero-order valence-electron chi connectivity index (χ0n) is 15.9. The first-order valence-corrected chi connectivity index (χ1v) is 10.1. The van der Waals surface area contributed by atoms with E-state index in [1.807, 2.05) is 13.0 Å². The third-order valence-corrected chi connectivity index (χ3v) is 5.89. The summed E-state index contributed by atoms with van der Waals surface area (Å²) in [6.07, 6.45) is 4.37. The molecule has 1 aromatic heterocycles. The van der Waals surface area contributed by atoms with Gasteiger partial charge in [0.15, 0.2) is 0 Å². The fourth-order valence-electron chi connectivity index (χ4n) is 3.27. The van der Waals surface area contributed by atoms with Gasteiger partial charge in [0.2, 0.25) is 0 Å². The molecule has 1 aliphatic carbocycles. The Hall–Kier alpha value is -3.09. The Morgan fingerprint density at radius 2 is 2.11 bits per heavy atom. The number of carbonyl (C=O) groups is 1. The van der Waals surface area contributed by atoms with E-state index in [9.17, 15) is 15.3 Å². The molecule has 6 heteroatoms. The van der Waals surface area contributed by atoms with Gasteiger partial charge >= 0.3 is 0 Å². The van der Waals surface area contributed by atoms with Gasteiger partial charge in [-0.25, -0.2) is 0 Å². The molecule has 28 heavy (non-hydrogen) atoms. The molecule has 2 aromatic rings. The second-order valence-electron chi connectivity index (χ2n) is 6.79. The molecule has 0 bridgehead atoms. The molecule has 0 fully saturated rings. The molecule has 1 aliphatic rings. The summed E-state index contributed by atoms with van der Waals surface area (Å²) in [5, 5.41) is 22.3. The average molecular weight is 391 g/mol. The molecular weight excluding hydrogens is 370 g/mol. The molecule has 1 unspecified atom stereocenters. The summed E-state index contributed by atoms with van der Waals surface area (Å²) >= 11 is 1.45. The minimum Gasteiger partial charge on any atom is -0.494 e. The molecule has 0 aliphatic heterocycles. The Labute approximate surface area is 168 Å². The van der Waals surface area contributed by atoms with Crippen LogP contribution in [0.3, 0.4) is 0 Å². The fourth-order valence-corrected chi connectivity index (χ4v) is 4.63. The van der Waals surface area contributed by atoms with Crippen LogP contribution < -0.4 is 10.1 Å². The third-order valence-electron chi connectivity index (χ3n) is 4.72. The van der Waals surface area contributed by atoms with Crippen molar-refractivity contribution in [2.45, 2.75) is 33.1 Å². The second-order valence-corrected chi connectivity index (χ2v) is 7.90.